The van der Waals surface area contributed by atoms with Crippen molar-refractivity contribution in [2.45, 2.75) is 32.7 Å². The summed E-state index contributed by atoms with van der Waals surface area (Å²) in [5, 5.41) is 6.71. The van der Waals surface area contributed by atoms with Crippen LogP contribution in [0, 0.1) is 0 Å². The van der Waals surface area contributed by atoms with Gasteiger partial charge in [0.15, 0.2) is 5.96 Å². The summed E-state index contributed by atoms with van der Waals surface area (Å²) in [6, 6.07) is 0.375. The van der Waals surface area contributed by atoms with Crippen molar-refractivity contribution in [2.75, 3.05) is 63.1 Å². The molecule has 0 aromatic heterocycles. The van der Waals surface area contributed by atoms with Crippen LogP contribution in [-0.2, 0) is 10.0 Å². The number of hydrogen-bond acceptors (Lipinski definition) is 5. The molecule has 0 aromatic rings. The number of hydrogen-bond donors (Lipinski definition) is 2. The van der Waals surface area contributed by atoms with Gasteiger partial charge in [-0.05, 0) is 26.7 Å². The third kappa shape index (κ3) is 9.19. The summed E-state index contributed by atoms with van der Waals surface area (Å²) in [6.07, 6.45) is 2.11. The highest BCUT2D eigenvalue weighted by atomic mass is 127. The lowest BCUT2D eigenvalue weighted by molar-refractivity contribution is 0.221. The van der Waals surface area contributed by atoms with Gasteiger partial charge in [-0.25, -0.2) is 12.7 Å². The normalized spacial score (nSPS) is 20.4. The van der Waals surface area contributed by atoms with Crippen LogP contribution in [0.2, 0.25) is 0 Å². The first-order valence-corrected chi connectivity index (χ1v) is 12.6. The number of nitrogens with zero attached hydrogens (tertiary/aromatic N) is 3. The number of guanidine groups is 1. The van der Waals surface area contributed by atoms with E-state index in [4.69, 9.17) is 0 Å². The maximum atomic E-state index is 12.4. The van der Waals surface area contributed by atoms with Crippen molar-refractivity contribution in [3.63, 3.8) is 0 Å². The third-order valence-electron chi connectivity index (χ3n) is 4.75. The van der Waals surface area contributed by atoms with Gasteiger partial charge in [-0.2, -0.15) is 11.8 Å². The molecule has 2 rings (SSSR count). The van der Waals surface area contributed by atoms with Gasteiger partial charge in [-0.3, -0.25) is 9.89 Å². The molecule has 0 saturated carbocycles. The number of likely N-dealkylation sites (tertiary alicyclic amines) is 1. The predicted molar refractivity (Wildman–Crippen MR) is 131 cm³/mol. The standard InChI is InChI=1S/C18H35N5O2S2.HI/c1-4-19-18(21-17-5-8-22(9-6-17)15-16(2)3)20-7-14-27(24,25)23-10-12-26-13-11-23;/h17H,2,4-15H2,1,3H3,(H2,19,20,21);1H. The Morgan fingerprint density at radius 3 is 2.43 bits per heavy atom. The molecule has 0 bridgehead atoms. The maximum absolute atomic E-state index is 12.4. The van der Waals surface area contributed by atoms with Gasteiger partial charge in [0.25, 0.3) is 0 Å². The Morgan fingerprint density at radius 2 is 1.86 bits per heavy atom. The number of halogens is 1. The Kier molecular flexibility index (Phi) is 12.3. The van der Waals surface area contributed by atoms with Crippen LogP contribution in [0.15, 0.2) is 17.1 Å². The van der Waals surface area contributed by atoms with E-state index in [-0.39, 0.29) is 36.3 Å². The molecule has 10 heteroatoms. The zero-order valence-corrected chi connectivity index (χ0v) is 21.1. The van der Waals surface area contributed by atoms with E-state index in [2.05, 4.69) is 34.0 Å². The Hall–Kier alpha value is -0.0400. The number of sulfonamides is 1. The first kappa shape index (κ1) is 26.0. The molecule has 2 saturated heterocycles. The Bertz CT molecular complexity index is 601. The molecule has 164 valence electrons. The zero-order valence-electron chi connectivity index (χ0n) is 17.2. The smallest absolute Gasteiger partial charge is 0.215 e. The monoisotopic (exact) mass is 545 g/mol. The molecule has 2 N–H and O–H groups in total. The Morgan fingerprint density at radius 1 is 1.21 bits per heavy atom. The predicted octanol–water partition coefficient (Wildman–Crippen LogP) is 1.58. The van der Waals surface area contributed by atoms with Crippen molar-refractivity contribution in [3.05, 3.63) is 12.2 Å². The maximum Gasteiger partial charge on any atom is 0.215 e. The molecule has 7 nitrogen and oxygen atoms in total. The topological polar surface area (TPSA) is 77.0 Å². The molecule has 2 aliphatic heterocycles. The van der Waals surface area contributed by atoms with Crippen molar-refractivity contribution in [1.29, 1.82) is 0 Å². The molecule has 0 radical (unpaired) electrons. The molecule has 0 aliphatic carbocycles. The van der Waals surface area contributed by atoms with Crippen molar-refractivity contribution in [3.8, 4) is 0 Å². The van der Waals surface area contributed by atoms with Gasteiger partial charge >= 0.3 is 0 Å². The summed E-state index contributed by atoms with van der Waals surface area (Å²) in [6.45, 7) is 13.4. The van der Waals surface area contributed by atoms with Crippen LogP contribution in [0.25, 0.3) is 0 Å². The summed E-state index contributed by atoms with van der Waals surface area (Å²) in [5.41, 5.74) is 1.20. The van der Waals surface area contributed by atoms with Gasteiger partial charge in [0.2, 0.25) is 10.0 Å². The first-order valence-electron chi connectivity index (χ1n) is 9.88. The van der Waals surface area contributed by atoms with Crippen LogP contribution in [0.5, 0.6) is 0 Å². The second-order valence-electron chi connectivity index (χ2n) is 7.24. The summed E-state index contributed by atoms with van der Waals surface area (Å²) in [7, 11) is -3.20. The summed E-state index contributed by atoms with van der Waals surface area (Å²) in [4.78, 5) is 6.94. The lowest BCUT2D eigenvalue weighted by Crippen LogP contribution is -2.49. The van der Waals surface area contributed by atoms with Gasteiger partial charge in [0, 0.05) is 56.8 Å². The number of nitrogens with one attached hydrogen (secondary N) is 2. The number of thioether (sulfide) groups is 1. The van der Waals surface area contributed by atoms with Crippen LogP contribution in [-0.4, -0.2) is 92.7 Å². The van der Waals surface area contributed by atoms with Crippen molar-refractivity contribution < 1.29 is 8.42 Å². The van der Waals surface area contributed by atoms with Crippen molar-refractivity contribution in [1.82, 2.24) is 19.8 Å². The molecule has 0 spiro atoms. The van der Waals surface area contributed by atoms with Gasteiger partial charge in [-0.1, -0.05) is 12.2 Å². The van der Waals surface area contributed by atoms with Crippen molar-refractivity contribution in [2.24, 2.45) is 4.99 Å². The fraction of sp³-hybridized carbons (Fsp3) is 0.833. The molecular weight excluding hydrogens is 509 g/mol. The minimum atomic E-state index is -3.20. The van der Waals surface area contributed by atoms with E-state index < -0.39 is 10.0 Å². The molecule has 2 heterocycles. The van der Waals surface area contributed by atoms with Crippen molar-refractivity contribution >= 4 is 51.7 Å². The summed E-state index contributed by atoms with van der Waals surface area (Å²) < 4.78 is 26.5. The number of piperidine rings is 1. The van der Waals surface area contributed by atoms with Gasteiger partial charge in [0.05, 0.1) is 12.3 Å². The van der Waals surface area contributed by atoms with Gasteiger partial charge in [-0.15, -0.1) is 24.0 Å². The average Bonchev–Trinajstić information content (AvgIpc) is 2.64. The SMILES string of the molecule is C=C(C)CN1CCC(NC(=NCCS(=O)(=O)N2CCSCC2)NCC)CC1.I. The van der Waals surface area contributed by atoms with E-state index in [1.807, 2.05) is 18.7 Å². The fourth-order valence-electron chi connectivity index (χ4n) is 3.36. The van der Waals surface area contributed by atoms with Crippen LogP contribution in [0.4, 0.5) is 0 Å². The van der Waals surface area contributed by atoms with E-state index in [0.717, 1.165) is 56.5 Å². The van der Waals surface area contributed by atoms with E-state index in [9.17, 15) is 8.42 Å². The largest absolute Gasteiger partial charge is 0.357 e. The molecule has 28 heavy (non-hydrogen) atoms. The second kappa shape index (κ2) is 13.3. The van der Waals surface area contributed by atoms with Crippen LogP contribution < -0.4 is 10.6 Å². The second-order valence-corrected chi connectivity index (χ2v) is 10.6. The van der Waals surface area contributed by atoms with Crippen LogP contribution in [0.3, 0.4) is 0 Å². The molecule has 0 atom stereocenters. The Balaban J connectivity index is 0.00000392. The van der Waals surface area contributed by atoms with Gasteiger partial charge in [0.1, 0.15) is 0 Å². The van der Waals surface area contributed by atoms with E-state index in [1.54, 1.807) is 4.31 Å². The number of rotatable bonds is 8. The minimum absolute atomic E-state index is 0. The van der Waals surface area contributed by atoms with Gasteiger partial charge < -0.3 is 10.6 Å². The molecule has 2 aliphatic rings. The summed E-state index contributed by atoms with van der Waals surface area (Å²) >= 11 is 1.81. The highest BCUT2D eigenvalue weighted by molar-refractivity contribution is 14.0. The van der Waals surface area contributed by atoms with Crippen LogP contribution in [0.1, 0.15) is 26.7 Å². The molecular formula is C18H36IN5O2S2. The average molecular weight is 546 g/mol. The van der Waals surface area contributed by atoms with Crippen LogP contribution >= 0.6 is 35.7 Å². The van der Waals surface area contributed by atoms with E-state index in [1.165, 1.54) is 5.57 Å². The van der Waals surface area contributed by atoms with E-state index >= 15 is 0 Å². The quantitative estimate of drug-likeness (QED) is 0.209. The third-order valence-corrected chi connectivity index (χ3v) is 7.54. The molecule has 0 unspecified atom stereocenters. The lowest BCUT2D eigenvalue weighted by Gasteiger charge is -2.33. The zero-order chi connectivity index (χ0) is 19.7. The molecule has 0 aromatic carbocycles. The Labute approximate surface area is 192 Å². The molecule has 0 amide bonds. The minimum Gasteiger partial charge on any atom is -0.357 e. The fourth-order valence-corrected chi connectivity index (χ4v) is 5.81. The van der Waals surface area contributed by atoms with E-state index in [0.29, 0.717) is 19.1 Å². The highest BCUT2D eigenvalue weighted by Crippen LogP contribution is 2.13. The number of aliphatic imine (C=N–C) groups is 1. The highest BCUT2D eigenvalue weighted by Gasteiger charge is 2.24. The lowest BCUT2D eigenvalue weighted by atomic mass is 10.0. The first-order chi connectivity index (χ1) is 12.9. The summed E-state index contributed by atoms with van der Waals surface area (Å²) in [5.74, 6) is 2.57. The molecule has 2 fully saturated rings.